The summed E-state index contributed by atoms with van der Waals surface area (Å²) < 4.78 is 1.27. The fourth-order valence-corrected chi connectivity index (χ4v) is 2.80. The average molecular weight is 420 g/mol. The molecule has 104 valence electrons. The van der Waals surface area contributed by atoms with Gasteiger partial charge in [-0.05, 0) is 52.7 Å². The van der Waals surface area contributed by atoms with E-state index in [1.165, 1.54) is 12.1 Å². The maximum atomic E-state index is 12.2. The normalized spacial score (nSPS) is 10.4. The fourth-order valence-electron chi connectivity index (χ4n) is 1.61. The van der Waals surface area contributed by atoms with Crippen LogP contribution in [0.3, 0.4) is 0 Å². The second-order valence-corrected chi connectivity index (χ2v) is 6.35. The van der Waals surface area contributed by atoms with Crippen molar-refractivity contribution in [1.82, 2.24) is 0 Å². The van der Waals surface area contributed by atoms with E-state index in [-0.39, 0.29) is 11.3 Å². The van der Waals surface area contributed by atoms with E-state index in [0.717, 1.165) is 10.0 Å². The van der Waals surface area contributed by atoms with Gasteiger partial charge in [-0.2, -0.15) is 0 Å². The van der Waals surface area contributed by atoms with Crippen LogP contribution in [-0.4, -0.2) is 11.0 Å². The van der Waals surface area contributed by atoms with Crippen molar-refractivity contribution in [3.63, 3.8) is 0 Å². The number of hydrogen-bond donors (Lipinski definition) is 2. The lowest BCUT2D eigenvalue weighted by molar-refractivity contribution is 0.102. The van der Waals surface area contributed by atoms with Gasteiger partial charge in [0.25, 0.3) is 5.91 Å². The fraction of sp³-hybridized carbons (Fsp3) is 0.0714. The number of aryl methyl sites for hydroxylation is 1. The van der Waals surface area contributed by atoms with E-state index < -0.39 is 5.91 Å². The topological polar surface area (TPSA) is 49.3 Å². The van der Waals surface area contributed by atoms with Gasteiger partial charge >= 0.3 is 0 Å². The molecule has 6 heteroatoms. The number of hydrogen-bond acceptors (Lipinski definition) is 2. The summed E-state index contributed by atoms with van der Waals surface area (Å²) in [7, 11) is 0. The Morgan fingerprint density at radius 3 is 2.55 bits per heavy atom. The summed E-state index contributed by atoms with van der Waals surface area (Å²) in [5, 5.41) is 13.0. The zero-order chi connectivity index (χ0) is 14.9. The van der Waals surface area contributed by atoms with Gasteiger partial charge in [-0.25, -0.2) is 0 Å². The first kappa shape index (κ1) is 15.4. The number of benzene rings is 2. The van der Waals surface area contributed by atoms with Gasteiger partial charge in [-0.1, -0.05) is 33.6 Å². The molecule has 2 N–H and O–H groups in total. The van der Waals surface area contributed by atoms with Gasteiger partial charge < -0.3 is 10.4 Å². The van der Waals surface area contributed by atoms with Crippen LogP contribution in [0.2, 0.25) is 5.02 Å². The lowest BCUT2D eigenvalue weighted by Gasteiger charge is -2.09. The molecule has 0 atom stereocenters. The molecule has 0 heterocycles. The zero-order valence-corrected chi connectivity index (χ0v) is 14.3. The molecule has 0 saturated heterocycles. The molecule has 20 heavy (non-hydrogen) atoms. The summed E-state index contributed by atoms with van der Waals surface area (Å²) in [6.07, 6.45) is 0. The van der Waals surface area contributed by atoms with Crippen molar-refractivity contribution in [1.29, 1.82) is 0 Å². The van der Waals surface area contributed by atoms with E-state index in [9.17, 15) is 9.90 Å². The van der Waals surface area contributed by atoms with Crippen molar-refractivity contribution >= 4 is 55.1 Å². The van der Waals surface area contributed by atoms with Crippen molar-refractivity contribution < 1.29 is 9.90 Å². The minimum absolute atomic E-state index is 0.112. The van der Waals surface area contributed by atoms with Crippen LogP contribution < -0.4 is 5.32 Å². The highest BCUT2D eigenvalue weighted by molar-refractivity contribution is 9.10. The minimum atomic E-state index is -0.429. The van der Waals surface area contributed by atoms with Crippen LogP contribution in [-0.2, 0) is 0 Å². The largest absolute Gasteiger partial charge is 0.506 e. The first-order chi connectivity index (χ1) is 9.38. The molecular weight excluding hydrogens is 409 g/mol. The van der Waals surface area contributed by atoms with Crippen molar-refractivity contribution in [3.8, 4) is 5.75 Å². The summed E-state index contributed by atoms with van der Waals surface area (Å²) in [4.78, 5) is 12.2. The molecule has 2 aromatic carbocycles. The van der Waals surface area contributed by atoms with Gasteiger partial charge in [-0.3, -0.25) is 4.79 Å². The standard InChI is InChI=1S/C14H10Br2ClNO2/c1-7-2-3-9(6-11(7)15)18-14(20)10-4-8(17)5-12(16)13(10)19/h2-6,19H,1H3,(H,18,20). The van der Waals surface area contributed by atoms with Crippen LogP contribution in [0.4, 0.5) is 5.69 Å². The highest BCUT2D eigenvalue weighted by Gasteiger charge is 2.15. The van der Waals surface area contributed by atoms with E-state index in [0.29, 0.717) is 15.2 Å². The summed E-state index contributed by atoms with van der Waals surface area (Å²) in [5.74, 6) is -0.570. The monoisotopic (exact) mass is 417 g/mol. The average Bonchev–Trinajstić information content (AvgIpc) is 2.38. The Morgan fingerprint density at radius 2 is 1.90 bits per heavy atom. The van der Waals surface area contributed by atoms with Crippen LogP contribution in [0.15, 0.2) is 39.3 Å². The molecule has 2 aromatic rings. The van der Waals surface area contributed by atoms with Gasteiger partial charge in [0.1, 0.15) is 5.75 Å². The first-order valence-electron chi connectivity index (χ1n) is 5.64. The molecule has 0 bridgehead atoms. The maximum Gasteiger partial charge on any atom is 0.259 e. The van der Waals surface area contributed by atoms with Gasteiger partial charge in [0.2, 0.25) is 0 Å². The predicted octanol–water partition coefficient (Wildman–Crippen LogP) is 5.13. The Morgan fingerprint density at radius 1 is 1.20 bits per heavy atom. The molecule has 0 aliphatic carbocycles. The van der Waals surface area contributed by atoms with Crippen LogP contribution in [0.25, 0.3) is 0 Å². The molecular formula is C14H10Br2ClNO2. The van der Waals surface area contributed by atoms with Crippen molar-refractivity contribution in [3.05, 3.63) is 55.4 Å². The SMILES string of the molecule is Cc1ccc(NC(=O)c2cc(Cl)cc(Br)c2O)cc1Br. The first-order valence-corrected chi connectivity index (χ1v) is 7.60. The Balaban J connectivity index is 2.30. The van der Waals surface area contributed by atoms with Crippen molar-refractivity contribution in [2.45, 2.75) is 6.92 Å². The van der Waals surface area contributed by atoms with Gasteiger partial charge in [0, 0.05) is 15.2 Å². The van der Waals surface area contributed by atoms with E-state index >= 15 is 0 Å². The molecule has 2 rings (SSSR count). The highest BCUT2D eigenvalue weighted by Crippen LogP contribution is 2.32. The quantitative estimate of drug-likeness (QED) is 0.709. The molecule has 0 radical (unpaired) electrons. The van der Waals surface area contributed by atoms with E-state index in [1.54, 1.807) is 12.1 Å². The lowest BCUT2D eigenvalue weighted by Crippen LogP contribution is -2.12. The number of phenolic OH excluding ortho intramolecular Hbond substituents is 1. The molecule has 0 spiro atoms. The van der Waals surface area contributed by atoms with Crippen LogP contribution >= 0.6 is 43.5 Å². The number of nitrogens with one attached hydrogen (secondary N) is 1. The molecule has 1 amide bonds. The summed E-state index contributed by atoms with van der Waals surface area (Å²) in [6.45, 7) is 1.95. The third kappa shape index (κ3) is 3.34. The number of carbonyl (C=O) groups excluding carboxylic acids is 1. The van der Waals surface area contributed by atoms with E-state index in [1.807, 2.05) is 13.0 Å². The predicted molar refractivity (Wildman–Crippen MR) is 87.6 cm³/mol. The number of amides is 1. The highest BCUT2D eigenvalue weighted by atomic mass is 79.9. The van der Waals surface area contributed by atoms with Gasteiger partial charge in [0.05, 0.1) is 10.0 Å². The van der Waals surface area contributed by atoms with Gasteiger partial charge in [0.15, 0.2) is 0 Å². The Kier molecular flexibility index (Phi) is 4.73. The second kappa shape index (κ2) is 6.16. The molecule has 3 nitrogen and oxygen atoms in total. The lowest BCUT2D eigenvalue weighted by atomic mass is 10.1. The third-order valence-electron chi connectivity index (χ3n) is 2.70. The molecule has 0 aliphatic heterocycles. The molecule has 0 unspecified atom stereocenters. The summed E-state index contributed by atoms with van der Waals surface area (Å²) in [6, 6.07) is 8.41. The van der Waals surface area contributed by atoms with Crippen molar-refractivity contribution in [2.24, 2.45) is 0 Å². The number of phenols is 1. The van der Waals surface area contributed by atoms with Crippen LogP contribution in [0, 0.1) is 6.92 Å². The number of carbonyl (C=O) groups is 1. The summed E-state index contributed by atoms with van der Waals surface area (Å²) >= 11 is 12.4. The second-order valence-electron chi connectivity index (χ2n) is 4.20. The Labute approximate surface area is 138 Å². The van der Waals surface area contributed by atoms with Gasteiger partial charge in [-0.15, -0.1) is 0 Å². The van der Waals surface area contributed by atoms with E-state index in [2.05, 4.69) is 37.2 Å². The molecule has 0 fully saturated rings. The van der Waals surface area contributed by atoms with Crippen LogP contribution in [0.1, 0.15) is 15.9 Å². The third-order valence-corrected chi connectivity index (χ3v) is 4.38. The van der Waals surface area contributed by atoms with Crippen LogP contribution in [0.5, 0.6) is 5.75 Å². The Bertz CT molecular complexity index is 689. The number of anilines is 1. The number of halogens is 3. The molecule has 0 saturated carbocycles. The molecule has 0 aliphatic rings. The maximum absolute atomic E-state index is 12.2. The number of rotatable bonds is 2. The van der Waals surface area contributed by atoms with E-state index in [4.69, 9.17) is 11.6 Å². The minimum Gasteiger partial charge on any atom is -0.506 e. The Hall–Kier alpha value is -1.04. The number of aromatic hydroxyl groups is 1. The van der Waals surface area contributed by atoms with Crippen molar-refractivity contribution in [2.75, 3.05) is 5.32 Å². The molecule has 0 aromatic heterocycles. The summed E-state index contributed by atoms with van der Waals surface area (Å²) in [5.41, 5.74) is 1.81. The zero-order valence-electron chi connectivity index (χ0n) is 10.4. The smallest absolute Gasteiger partial charge is 0.259 e.